The fraction of sp³-hybridized carbons (Fsp3) is 0.600. The highest BCUT2D eigenvalue weighted by molar-refractivity contribution is 6.42. The molecule has 106 valence electrons. The van der Waals surface area contributed by atoms with Gasteiger partial charge < -0.3 is 5.11 Å². The predicted octanol–water partition coefficient (Wildman–Crippen LogP) is 4.29. The fourth-order valence-electron chi connectivity index (χ4n) is 2.88. The van der Waals surface area contributed by atoms with Gasteiger partial charge in [0.15, 0.2) is 0 Å². The van der Waals surface area contributed by atoms with Crippen molar-refractivity contribution in [2.24, 2.45) is 0 Å². The molecule has 1 fully saturated rings. The maximum Gasteiger partial charge on any atom is 0.0985 e. The van der Waals surface area contributed by atoms with Gasteiger partial charge in [-0.05, 0) is 45.3 Å². The molecule has 0 amide bonds. The molecule has 1 N–H and O–H groups in total. The molecule has 2 rings (SSSR count). The van der Waals surface area contributed by atoms with Gasteiger partial charge in [0.25, 0.3) is 0 Å². The van der Waals surface area contributed by atoms with Crippen LogP contribution in [0.4, 0.5) is 0 Å². The Morgan fingerprint density at radius 1 is 1.32 bits per heavy atom. The molecule has 0 radical (unpaired) electrons. The van der Waals surface area contributed by atoms with Crippen LogP contribution >= 0.6 is 23.2 Å². The highest BCUT2D eigenvalue weighted by Crippen LogP contribution is 2.40. The quantitative estimate of drug-likeness (QED) is 0.897. The highest BCUT2D eigenvalue weighted by Gasteiger charge is 2.40. The van der Waals surface area contributed by atoms with Gasteiger partial charge in [0.05, 0.1) is 16.1 Å². The molecule has 0 aliphatic carbocycles. The molecule has 1 aliphatic heterocycles. The summed E-state index contributed by atoms with van der Waals surface area (Å²) in [5, 5.41) is 11.8. The van der Waals surface area contributed by atoms with Gasteiger partial charge in [-0.15, -0.1) is 0 Å². The molecule has 1 aliphatic rings. The van der Waals surface area contributed by atoms with E-state index in [0.717, 1.165) is 25.1 Å². The molecule has 0 spiro atoms. The van der Waals surface area contributed by atoms with Crippen LogP contribution in [0.5, 0.6) is 0 Å². The standard InChI is InChI=1S/C15H21Cl2NO/c1-3-15(2,18-9-4-5-10-18)14(19)11-7-6-8-12(16)13(11)17/h6-8,14,19H,3-5,9-10H2,1-2H3. The maximum absolute atomic E-state index is 10.8. The van der Waals surface area contributed by atoms with E-state index in [1.165, 1.54) is 12.8 Å². The molecule has 19 heavy (non-hydrogen) atoms. The van der Waals surface area contributed by atoms with E-state index >= 15 is 0 Å². The average molecular weight is 302 g/mol. The Hall–Kier alpha value is -0.280. The van der Waals surface area contributed by atoms with Crippen LogP contribution in [0, 0.1) is 0 Å². The van der Waals surface area contributed by atoms with Crippen LogP contribution in [0.15, 0.2) is 18.2 Å². The summed E-state index contributed by atoms with van der Waals surface area (Å²) in [5.74, 6) is 0. The first-order chi connectivity index (χ1) is 9.00. The number of aliphatic hydroxyl groups is 1. The molecular formula is C15H21Cl2NO. The van der Waals surface area contributed by atoms with Gasteiger partial charge in [-0.3, -0.25) is 4.90 Å². The lowest BCUT2D eigenvalue weighted by molar-refractivity contribution is -0.0139. The van der Waals surface area contributed by atoms with Crippen LogP contribution in [0.25, 0.3) is 0 Å². The minimum Gasteiger partial charge on any atom is -0.386 e. The van der Waals surface area contributed by atoms with Crippen molar-refractivity contribution in [3.63, 3.8) is 0 Å². The molecular weight excluding hydrogens is 281 g/mol. The van der Waals surface area contributed by atoms with Crippen molar-refractivity contribution in [2.75, 3.05) is 13.1 Å². The molecule has 2 unspecified atom stereocenters. The van der Waals surface area contributed by atoms with Crippen LogP contribution < -0.4 is 0 Å². The molecule has 1 saturated heterocycles. The molecule has 1 heterocycles. The molecule has 0 saturated carbocycles. The number of benzene rings is 1. The molecule has 4 heteroatoms. The monoisotopic (exact) mass is 301 g/mol. The second-order valence-corrected chi connectivity index (χ2v) is 6.24. The van der Waals surface area contributed by atoms with Gasteiger partial charge in [-0.25, -0.2) is 0 Å². The number of hydrogen-bond donors (Lipinski definition) is 1. The summed E-state index contributed by atoms with van der Waals surface area (Å²) in [6.45, 7) is 6.30. The zero-order valence-corrected chi connectivity index (χ0v) is 13.0. The fourth-order valence-corrected chi connectivity index (χ4v) is 3.30. The molecule has 0 aromatic heterocycles. The largest absolute Gasteiger partial charge is 0.386 e. The van der Waals surface area contributed by atoms with E-state index in [9.17, 15) is 5.11 Å². The van der Waals surface area contributed by atoms with Crippen molar-refractivity contribution in [2.45, 2.75) is 44.8 Å². The van der Waals surface area contributed by atoms with Crippen LogP contribution in [0.3, 0.4) is 0 Å². The lowest BCUT2D eigenvalue weighted by Gasteiger charge is -2.42. The average Bonchev–Trinajstić information content (AvgIpc) is 2.94. The van der Waals surface area contributed by atoms with Gasteiger partial charge in [0, 0.05) is 11.1 Å². The van der Waals surface area contributed by atoms with Crippen molar-refractivity contribution < 1.29 is 5.11 Å². The Labute approximate surface area is 125 Å². The van der Waals surface area contributed by atoms with Crippen LogP contribution in [0.2, 0.25) is 10.0 Å². The van der Waals surface area contributed by atoms with Gasteiger partial charge in [0.2, 0.25) is 0 Å². The summed E-state index contributed by atoms with van der Waals surface area (Å²) < 4.78 is 0. The van der Waals surface area contributed by atoms with Crippen molar-refractivity contribution in [1.82, 2.24) is 4.90 Å². The summed E-state index contributed by atoms with van der Waals surface area (Å²) in [6, 6.07) is 5.45. The number of nitrogens with zero attached hydrogens (tertiary/aromatic N) is 1. The second-order valence-electron chi connectivity index (χ2n) is 5.45. The molecule has 2 nitrogen and oxygen atoms in total. The van der Waals surface area contributed by atoms with E-state index in [0.29, 0.717) is 10.0 Å². The van der Waals surface area contributed by atoms with Crippen molar-refractivity contribution in [1.29, 1.82) is 0 Å². The smallest absolute Gasteiger partial charge is 0.0985 e. The first kappa shape index (κ1) is 15.1. The maximum atomic E-state index is 10.8. The van der Waals surface area contributed by atoms with Crippen LogP contribution in [-0.4, -0.2) is 28.6 Å². The molecule has 0 bridgehead atoms. The Bertz CT molecular complexity index is 446. The summed E-state index contributed by atoms with van der Waals surface area (Å²) in [5.41, 5.74) is 0.440. The predicted molar refractivity (Wildman–Crippen MR) is 80.9 cm³/mol. The Morgan fingerprint density at radius 3 is 2.53 bits per heavy atom. The normalized spacial score (nSPS) is 21.3. The molecule has 1 aromatic carbocycles. The minimum absolute atomic E-state index is 0.287. The minimum atomic E-state index is -0.623. The SMILES string of the molecule is CCC(C)(C(O)c1cccc(Cl)c1Cl)N1CCCC1. The summed E-state index contributed by atoms with van der Waals surface area (Å²) >= 11 is 12.3. The first-order valence-electron chi connectivity index (χ1n) is 6.87. The topological polar surface area (TPSA) is 23.5 Å². The number of hydrogen-bond acceptors (Lipinski definition) is 2. The van der Waals surface area contributed by atoms with E-state index in [4.69, 9.17) is 23.2 Å². The van der Waals surface area contributed by atoms with Crippen molar-refractivity contribution in [3.8, 4) is 0 Å². The highest BCUT2D eigenvalue weighted by atomic mass is 35.5. The molecule has 2 atom stereocenters. The zero-order valence-electron chi connectivity index (χ0n) is 11.5. The lowest BCUT2D eigenvalue weighted by atomic mass is 9.85. The number of aliphatic hydroxyl groups excluding tert-OH is 1. The third-order valence-electron chi connectivity index (χ3n) is 4.41. The van der Waals surface area contributed by atoms with Gasteiger partial charge in [0.1, 0.15) is 0 Å². The van der Waals surface area contributed by atoms with E-state index in [2.05, 4.69) is 18.7 Å². The second kappa shape index (κ2) is 6.01. The third-order valence-corrected chi connectivity index (χ3v) is 5.24. The Kier molecular flexibility index (Phi) is 4.78. The van der Waals surface area contributed by atoms with Crippen molar-refractivity contribution >= 4 is 23.2 Å². The van der Waals surface area contributed by atoms with Crippen LogP contribution in [-0.2, 0) is 0 Å². The summed E-state index contributed by atoms with van der Waals surface area (Å²) in [7, 11) is 0. The van der Waals surface area contributed by atoms with Crippen LogP contribution in [0.1, 0.15) is 44.8 Å². The van der Waals surface area contributed by atoms with E-state index in [1.807, 2.05) is 12.1 Å². The Balaban J connectivity index is 2.34. The van der Waals surface area contributed by atoms with Gasteiger partial charge >= 0.3 is 0 Å². The van der Waals surface area contributed by atoms with Crippen molar-refractivity contribution in [3.05, 3.63) is 33.8 Å². The van der Waals surface area contributed by atoms with Gasteiger partial charge in [-0.2, -0.15) is 0 Å². The number of rotatable bonds is 4. The number of likely N-dealkylation sites (tertiary alicyclic amines) is 1. The summed E-state index contributed by atoms with van der Waals surface area (Å²) in [4.78, 5) is 2.37. The van der Waals surface area contributed by atoms with E-state index in [1.54, 1.807) is 6.07 Å². The zero-order chi connectivity index (χ0) is 14.0. The molecule has 1 aromatic rings. The lowest BCUT2D eigenvalue weighted by Crippen LogP contribution is -2.49. The van der Waals surface area contributed by atoms with E-state index in [-0.39, 0.29) is 5.54 Å². The number of halogens is 2. The van der Waals surface area contributed by atoms with E-state index < -0.39 is 6.10 Å². The van der Waals surface area contributed by atoms with Gasteiger partial charge in [-0.1, -0.05) is 42.3 Å². The summed E-state index contributed by atoms with van der Waals surface area (Å²) in [6.07, 6.45) is 2.65. The first-order valence-corrected chi connectivity index (χ1v) is 7.63. The third kappa shape index (κ3) is 2.78. The Morgan fingerprint density at radius 2 is 1.95 bits per heavy atom.